The summed E-state index contributed by atoms with van der Waals surface area (Å²) >= 11 is 0. The number of unbranched alkanes of at least 4 members (excludes halogenated alkanes) is 11. The maximum Gasteiger partial charge on any atom is 0.362 e. The van der Waals surface area contributed by atoms with Gasteiger partial charge in [0.1, 0.15) is 0 Å². The average Bonchev–Trinajstić information content (AvgIpc) is 2.59. The lowest BCUT2D eigenvalue weighted by atomic mass is 10.0. The van der Waals surface area contributed by atoms with Gasteiger partial charge in [-0.2, -0.15) is 0 Å². The van der Waals surface area contributed by atoms with E-state index in [-0.39, 0.29) is 6.04 Å². The SMILES string of the molecule is C[N+](C)(C)C(CCCCCCCCC=CCCCCCCCC(=O)O)C(=O)O. The van der Waals surface area contributed by atoms with Crippen molar-refractivity contribution in [2.45, 2.75) is 102 Å². The summed E-state index contributed by atoms with van der Waals surface area (Å²) in [4.78, 5) is 21.7. The van der Waals surface area contributed by atoms with Crippen LogP contribution in [0.15, 0.2) is 12.2 Å². The summed E-state index contributed by atoms with van der Waals surface area (Å²) in [6.45, 7) is 0. The molecule has 0 bridgehead atoms. The van der Waals surface area contributed by atoms with Crippen molar-refractivity contribution in [3.8, 4) is 0 Å². The van der Waals surface area contributed by atoms with E-state index in [1.807, 2.05) is 21.1 Å². The first-order chi connectivity index (χ1) is 13.2. The molecule has 0 fully saturated rings. The number of aliphatic carboxylic acids is 2. The van der Waals surface area contributed by atoms with E-state index in [9.17, 15) is 14.7 Å². The van der Waals surface area contributed by atoms with Gasteiger partial charge in [0.05, 0.1) is 21.1 Å². The monoisotopic (exact) mass is 398 g/mol. The van der Waals surface area contributed by atoms with E-state index >= 15 is 0 Å². The largest absolute Gasteiger partial charge is 0.481 e. The second kappa shape index (κ2) is 16.6. The number of likely N-dealkylation sites (N-methyl/N-ethyl adjacent to an activating group) is 1. The number of carbonyl (C=O) groups is 2. The molecule has 0 aliphatic rings. The van der Waals surface area contributed by atoms with Crippen molar-refractivity contribution in [1.29, 1.82) is 0 Å². The van der Waals surface area contributed by atoms with E-state index in [0.29, 0.717) is 10.9 Å². The fraction of sp³-hybridized carbons (Fsp3) is 0.826. The van der Waals surface area contributed by atoms with Gasteiger partial charge in [-0.25, -0.2) is 4.79 Å². The van der Waals surface area contributed by atoms with Gasteiger partial charge in [0.15, 0.2) is 6.04 Å². The first-order valence-electron chi connectivity index (χ1n) is 11.2. The minimum atomic E-state index is -0.686. The van der Waals surface area contributed by atoms with Gasteiger partial charge in [-0.15, -0.1) is 0 Å². The molecule has 164 valence electrons. The molecule has 0 aliphatic heterocycles. The molecule has 0 rings (SSSR count). The predicted molar refractivity (Wildman–Crippen MR) is 115 cm³/mol. The molecular weight excluding hydrogens is 354 g/mol. The molecule has 0 amide bonds. The average molecular weight is 399 g/mol. The number of allylic oxidation sites excluding steroid dienone is 2. The van der Waals surface area contributed by atoms with Crippen molar-refractivity contribution in [2.75, 3.05) is 21.1 Å². The van der Waals surface area contributed by atoms with Crippen LogP contribution in [-0.2, 0) is 9.59 Å². The van der Waals surface area contributed by atoms with Gasteiger partial charge in [-0.1, -0.05) is 57.1 Å². The summed E-state index contributed by atoms with van der Waals surface area (Å²) < 4.78 is 0.492. The molecule has 0 spiro atoms. The van der Waals surface area contributed by atoms with Gasteiger partial charge in [0, 0.05) is 12.8 Å². The number of carboxylic acids is 2. The van der Waals surface area contributed by atoms with Crippen LogP contribution >= 0.6 is 0 Å². The molecule has 28 heavy (non-hydrogen) atoms. The van der Waals surface area contributed by atoms with E-state index in [1.165, 1.54) is 38.5 Å². The van der Waals surface area contributed by atoms with Crippen LogP contribution in [0.2, 0.25) is 0 Å². The van der Waals surface area contributed by atoms with Gasteiger partial charge < -0.3 is 14.7 Å². The Balaban J connectivity index is 3.40. The molecule has 0 aromatic heterocycles. The van der Waals surface area contributed by atoms with Crippen LogP contribution in [0, 0.1) is 0 Å². The Morgan fingerprint density at radius 2 is 1.14 bits per heavy atom. The smallest absolute Gasteiger partial charge is 0.362 e. The van der Waals surface area contributed by atoms with Crippen LogP contribution in [0.5, 0.6) is 0 Å². The first-order valence-corrected chi connectivity index (χ1v) is 11.2. The number of quaternary nitrogens is 1. The molecule has 5 heteroatoms. The highest BCUT2D eigenvalue weighted by atomic mass is 16.4. The molecule has 2 N–H and O–H groups in total. The van der Waals surface area contributed by atoms with E-state index in [4.69, 9.17) is 5.11 Å². The Kier molecular flexibility index (Phi) is 15.8. The summed E-state index contributed by atoms with van der Waals surface area (Å²) in [6, 6.07) is -0.296. The van der Waals surface area contributed by atoms with Crippen LogP contribution in [0.3, 0.4) is 0 Å². The molecular formula is C23H44NO4+. The molecule has 0 saturated carbocycles. The maximum atomic E-state index is 11.3. The van der Waals surface area contributed by atoms with Crippen LogP contribution in [0.4, 0.5) is 0 Å². The van der Waals surface area contributed by atoms with Crippen molar-refractivity contribution in [3.05, 3.63) is 12.2 Å². The normalized spacial score (nSPS) is 13.1. The minimum Gasteiger partial charge on any atom is -0.481 e. The van der Waals surface area contributed by atoms with Crippen LogP contribution < -0.4 is 0 Å². The summed E-state index contributed by atoms with van der Waals surface area (Å²) in [5, 5.41) is 17.9. The third-order valence-corrected chi connectivity index (χ3v) is 5.25. The Morgan fingerprint density at radius 3 is 1.57 bits per heavy atom. The van der Waals surface area contributed by atoms with Crippen molar-refractivity contribution >= 4 is 11.9 Å². The summed E-state index contributed by atoms with van der Waals surface area (Å²) in [5.41, 5.74) is 0. The van der Waals surface area contributed by atoms with Crippen LogP contribution in [-0.4, -0.2) is 53.8 Å². The molecule has 0 aromatic carbocycles. The van der Waals surface area contributed by atoms with Gasteiger partial charge >= 0.3 is 11.9 Å². The van der Waals surface area contributed by atoms with E-state index < -0.39 is 11.9 Å². The Hall–Kier alpha value is -1.36. The molecule has 1 unspecified atom stereocenters. The minimum absolute atomic E-state index is 0.296. The van der Waals surface area contributed by atoms with Crippen molar-refractivity contribution in [2.24, 2.45) is 0 Å². The highest BCUT2D eigenvalue weighted by Gasteiger charge is 2.30. The first kappa shape index (κ1) is 26.6. The highest BCUT2D eigenvalue weighted by molar-refractivity contribution is 5.72. The van der Waals surface area contributed by atoms with E-state index in [1.54, 1.807) is 0 Å². The number of carboxylic acid groups (broad SMARTS) is 2. The Bertz CT molecular complexity index is 440. The number of nitrogens with zero attached hydrogens (tertiary/aromatic N) is 1. The molecule has 1 atom stereocenters. The molecule has 0 aromatic rings. The fourth-order valence-electron chi connectivity index (χ4n) is 3.45. The molecule has 0 saturated heterocycles. The van der Waals surface area contributed by atoms with Crippen molar-refractivity contribution in [3.63, 3.8) is 0 Å². The van der Waals surface area contributed by atoms with Gasteiger partial charge in [0.25, 0.3) is 0 Å². The standard InChI is InChI=1S/C23H43NO4/c1-24(2,3)21(23(27)28)19-17-15-13-11-9-7-5-4-6-8-10-12-14-16-18-20-22(25)26/h4,6,21H,5,7-20H2,1-3H3,(H-,25,26,27,28)/p+1. The lowest BCUT2D eigenvalue weighted by molar-refractivity contribution is -0.887. The molecule has 0 heterocycles. The zero-order valence-electron chi connectivity index (χ0n) is 18.5. The lowest BCUT2D eigenvalue weighted by Crippen LogP contribution is -2.49. The molecule has 0 aliphatic carbocycles. The third kappa shape index (κ3) is 16.8. The predicted octanol–water partition coefficient (Wildman–Crippen LogP) is 5.64. The summed E-state index contributed by atoms with van der Waals surface area (Å²) in [5.74, 6) is -1.37. The van der Waals surface area contributed by atoms with Gasteiger partial charge in [-0.05, 0) is 38.5 Å². The van der Waals surface area contributed by atoms with E-state index in [0.717, 1.165) is 51.4 Å². The quantitative estimate of drug-likeness (QED) is 0.168. The van der Waals surface area contributed by atoms with Gasteiger partial charge in [-0.3, -0.25) is 4.79 Å². The summed E-state index contributed by atoms with van der Waals surface area (Å²) in [7, 11) is 5.86. The van der Waals surface area contributed by atoms with Crippen LogP contribution in [0.25, 0.3) is 0 Å². The fourth-order valence-corrected chi connectivity index (χ4v) is 3.45. The topological polar surface area (TPSA) is 74.6 Å². The van der Waals surface area contributed by atoms with Crippen molar-refractivity contribution in [1.82, 2.24) is 0 Å². The zero-order chi connectivity index (χ0) is 21.3. The van der Waals surface area contributed by atoms with Crippen LogP contribution in [0.1, 0.15) is 96.3 Å². The Labute approximate surface area is 172 Å². The highest BCUT2D eigenvalue weighted by Crippen LogP contribution is 2.15. The number of hydrogen-bond acceptors (Lipinski definition) is 2. The van der Waals surface area contributed by atoms with Crippen molar-refractivity contribution < 1.29 is 24.3 Å². The van der Waals surface area contributed by atoms with E-state index in [2.05, 4.69) is 12.2 Å². The molecule has 5 nitrogen and oxygen atoms in total. The van der Waals surface area contributed by atoms with Gasteiger partial charge in [0.2, 0.25) is 0 Å². The molecule has 0 radical (unpaired) electrons. The Morgan fingerprint density at radius 1 is 0.714 bits per heavy atom. The maximum absolute atomic E-state index is 11.3. The lowest BCUT2D eigenvalue weighted by Gasteiger charge is -2.31. The third-order valence-electron chi connectivity index (χ3n) is 5.25. The summed E-state index contributed by atoms with van der Waals surface area (Å²) in [6.07, 6.45) is 20.4. The number of rotatable bonds is 19. The zero-order valence-corrected chi connectivity index (χ0v) is 18.5. The second-order valence-corrected chi connectivity index (χ2v) is 8.84. The number of hydrogen-bond donors (Lipinski definition) is 2. The second-order valence-electron chi connectivity index (χ2n) is 8.84.